The Morgan fingerprint density at radius 1 is 1.25 bits per heavy atom. The predicted molar refractivity (Wildman–Crippen MR) is 59.7 cm³/mol. The van der Waals surface area contributed by atoms with Crippen LogP contribution in [0, 0.1) is 0 Å². The highest BCUT2D eigenvalue weighted by Gasteiger charge is 2.50. The summed E-state index contributed by atoms with van der Waals surface area (Å²) in [5.74, 6) is -0.235. The lowest BCUT2D eigenvalue weighted by Crippen LogP contribution is -2.50. The second kappa shape index (κ2) is 4.25. The van der Waals surface area contributed by atoms with Gasteiger partial charge in [-0.15, -0.1) is 10.3 Å². The molecule has 1 rings (SSSR count). The van der Waals surface area contributed by atoms with Crippen molar-refractivity contribution in [2.45, 2.75) is 51.6 Å². The molecule has 1 radical (unpaired) electrons. The molecule has 0 bridgehead atoms. The Morgan fingerprint density at radius 3 is 2.19 bits per heavy atom. The normalized spacial score (nSPS) is 30.8. The van der Waals surface area contributed by atoms with Crippen LogP contribution in [0.4, 0.5) is 0 Å². The van der Waals surface area contributed by atoms with E-state index in [1.54, 1.807) is 13.8 Å². The average Bonchev–Trinajstić information content (AvgIpc) is 2.29. The summed E-state index contributed by atoms with van der Waals surface area (Å²) in [6, 6.07) is 0. The lowest BCUT2D eigenvalue weighted by molar-refractivity contribution is -0.243. The van der Waals surface area contributed by atoms with E-state index in [0.717, 1.165) is 5.06 Å². The van der Waals surface area contributed by atoms with Gasteiger partial charge >= 0.3 is 0 Å². The van der Waals surface area contributed by atoms with Gasteiger partial charge in [-0.2, -0.15) is 8.42 Å². The second-order valence-corrected chi connectivity index (χ2v) is 6.85. The van der Waals surface area contributed by atoms with Gasteiger partial charge in [-0.3, -0.25) is 4.18 Å². The maximum Gasteiger partial charge on any atom is 0.269 e. The van der Waals surface area contributed by atoms with E-state index in [-0.39, 0.29) is 12.4 Å². The molecular formula is C10H20NO4S. The third-order valence-corrected chi connectivity index (χ3v) is 4.67. The molecule has 1 saturated heterocycles. The maximum absolute atomic E-state index is 12.0. The molecule has 0 aromatic carbocycles. The third-order valence-electron chi connectivity index (χ3n) is 3.10. The smallest absolute Gasteiger partial charge is 0.269 e. The first-order valence-corrected chi connectivity index (χ1v) is 7.05. The van der Waals surface area contributed by atoms with E-state index in [4.69, 9.17) is 0 Å². The minimum atomic E-state index is -3.60. The van der Waals surface area contributed by atoms with Crippen LogP contribution in [0.1, 0.15) is 40.5 Å². The molecule has 0 saturated carbocycles. The van der Waals surface area contributed by atoms with E-state index in [1.165, 1.54) is 0 Å². The molecule has 95 valence electrons. The van der Waals surface area contributed by atoms with Gasteiger partial charge < -0.3 is 0 Å². The summed E-state index contributed by atoms with van der Waals surface area (Å²) in [5.41, 5.74) is -1.35. The highest BCUT2D eigenvalue weighted by Crippen LogP contribution is 2.40. The summed E-state index contributed by atoms with van der Waals surface area (Å²) >= 11 is 0. The molecule has 1 heterocycles. The Bertz CT molecular complexity index is 352. The van der Waals surface area contributed by atoms with Crippen molar-refractivity contribution in [3.63, 3.8) is 0 Å². The van der Waals surface area contributed by atoms with Crippen LogP contribution in [-0.2, 0) is 19.5 Å². The Balaban J connectivity index is 2.82. The van der Waals surface area contributed by atoms with Crippen LogP contribution in [0.2, 0.25) is 0 Å². The van der Waals surface area contributed by atoms with Crippen molar-refractivity contribution in [2.24, 2.45) is 0 Å². The standard InChI is InChI=1S/C10H20NO4S/c1-5-15-16(13,14)8-10(4)7-6-9(2,3)11(10)12/h5-8H2,1-4H3. The highest BCUT2D eigenvalue weighted by atomic mass is 32.2. The molecule has 0 aromatic rings. The van der Waals surface area contributed by atoms with Gasteiger partial charge in [0.2, 0.25) is 0 Å². The van der Waals surface area contributed by atoms with E-state index in [0.29, 0.717) is 12.8 Å². The fourth-order valence-electron chi connectivity index (χ4n) is 2.24. The molecule has 0 spiro atoms. The van der Waals surface area contributed by atoms with Crippen molar-refractivity contribution in [3.8, 4) is 0 Å². The molecule has 1 unspecified atom stereocenters. The molecule has 5 nitrogen and oxygen atoms in total. The minimum absolute atomic E-state index is 0.112. The summed E-state index contributed by atoms with van der Waals surface area (Å²) < 4.78 is 27.8. The van der Waals surface area contributed by atoms with Gasteiger partial charge in [-0.25, -0.2) is 0 Å². The SMILES string of the molecule is CCOS(=O)(=O)CC1(C)CCC(C)(C)N1[O]. The fraction of sp³-hybridized carbons (Fsp3) is 1.00. The lowest BCUT2D eigenvalue weighted by Gasteiger charge is -2.34. The van der Waals surface area contributed by atoms with Crippen molar-refractivity contribution in [2.75, 3.05) is 12.4 Å². The number of hydroxylamine groups is 2. The monoisotopic (exact) mass is 250 g/mol. The van der Waals surface area contributed by atoms with E-state index in [1.807, 2.05) is 13.8 Å². The zero-order valence-electron chi connectivity index (χ0n) is 10.3. The van der Waals surface area contributed by atoms with Crippen LogP contribution < -0.4 is 0 Å². The van der Waals surface area contributed by atoms with Gasteiger partial charge in [-0.05, 0) is 40.5 Å². The van der Waals surface area contributed by atoms with Crippen LogP contribution >= 0.6 is 0 Å². The second-order valence-electron chi connectivity index (χ2n) is 5.21. The van der Waals surface area contributed by atoms with Gasteiger partial charge in [0, 0.05) is 5.54 Å². The van der Waals surface area contributed by atoms with Crippen LogP contribution in [0.15, 0.2) is 0 Å². The van der Waals surface area contributed by atoms with E-state index in [9.17, 15) is 13.6 Å². The number of nitrogens with zero attached hydrogens (tertiary/aromatic N) is 1. The Kier molecular flexibility index (Phi) is 3.69. The van der Waals surface area contributed by atoms with Gasteiger partial charge in [0.25, 0.3) is 10.1 Å². The Hall–Kier alpha value is -0.170. The summed E-state index contributed by atoms with van der Waals surface area (Å²) in [5, 5.41) is 12.9. The van der Waals surface area contributed by atoms with Crippen LogP contribution in [-0.4, -0.2) is 36.9 Å². The van der Waals surface area contributed by atoms with Crippen LogP contribution in [0.5, 0.6) is 0 Å². The van der Waals surface area contributed by atoms with Crippen molar-refractivity contribution < 1.29 is 17.8 Å². The summed E-state index contributed by atoms with van der Waals surface area (Å²) in [7, 11) is -3.60. The molecular weight excluding hydrogens is 230 g/mol. The van der Waals surface area contributed by atoms with E-state index in [2.05, 4.69) is 4.18 Å². The van der Waals surface area contributed by atoms with Crippen LogP contribution in [0.3, 0.4) is 0 Å². The van der Waals surface area contributed by atoms with Crippen molar-refractivity contribution in [1.29, 1.82) is 0 Å². The number of hydrogen-bond donors (Lipinski definition) is 0. The van der Waals surface area contributed by atoms with Crippen molar-refractivity contribution >= 4 is 10.1 Å². The molecule has 0 N–H and O–H groups in total. The van der Waals surface area contributed by atoms with Crippen molar-refractivity contribution in [1.82, 2.24) is 5.06 Å². The molecule has 1 aliphatic heterocycles. The zero-order valence-corrected chi connectivity index (χ0v) is 11.1. The number of hydrogen-bond acceptors (Lipinski definition) is 4. The summed E-state index contributed by atoms with van der Waals surface area (Å²) in [4.78, 5) is 0. The van der Waals surface area contributed by atoms with Gasteiger partial charge in [-0.1, -0.05) is 0 Å². The molecule has 0 amide bonds. The molecule has 6 heteroatoms. The molecule has 0 aromatic heterocycles. The Morgan fingerprint density at radius 2 is 1.81 bits per heavy atom. The first kappa shape index (κ1) is 13.9. The largest absolute Gasteiger partial charge is 0.270 e. The highest BCUT2D eigenvalue weighted by molar-refractivity contribution is 7.86. The lowest BCUT2D eigenvalue weighted by atomic mass is 10.0. The fourth-order valence-corrected chi connectivity index (χ4v) is 3.71. The predicted octanol–water partition coefficient (Wildman–Crippen LogP) is 1.33. The minimum Gasteiger partial charge on any atom is -0.270 e. The molecule has 16 heavy (non-hydrogen) atoms. The zero-order chi connectivity index (χ0) is 12.6. The van der Waals surface area contributed by atoms with Crippen LogP contribution in [0.25, 0.3) is 0 Å². The summed E-state index contributed by atoms with van der Waals surface area (Å²) in [6.45, 7) is 7.08. The Labute approximate surface area is 97.5 Å². The van der Waals surface area contributed by atoms with Gasteiger partial charge in [0.15, 0.2) is 0 Å². The van der Waals surface area contributed by atoms with E-state index < -0.39 is 21.2 Å². The molecule has 0 aliphatic carbocycles. The molecule has 1 fully saturated rings. The van der Waals surface area contributed by atoms with E-state index >= 15 is 0 Å². The summed E-state index contributed by atoms with van der Waals surface area (Å²) in [6.07, 6.45) is 1.28. The first-order valence-electron chi connectivity index (χ1n) is 5.47. The third kappa shape index (κ3) is 2.74. The van der Waals surface area contributed by atoms with Gasteiger partial charge in [0.05, 0.1) is 17.9 Å². The van der Waals surface area contributed by atoms with Gasteiger partial charge in [0.1, 0.15) is 0 Å². The first-order chi connectivity index (χ1) is 7.13. The maximum atomic E-state index is 12.0. The van der Waals surface area contributed by atoms with Crippen molar-refractivity contribution in [3.05, 3.63) is 0 Å². The molecule has 1 atom stereocenters. The quantitative estimate of drug-likeness (QED) is 0.706. The topological polar surface area (TPSA) is 66.5 Å². The average molecular weight is 250 g/mol. The number of rotatable bonds is 4. The molecule has 1 aliphatic rings.